The zero-order valence-corrected chi connectivity index (χ0v) is 27.1. The van der Waals surface area contributed by atoms with E-state index in [1.54, 1.807) is 48.5 Å². The van der Waals surface area contributed by atoms with E-state index < -0.39 is 21.0 Å². The molecule has 0 unspecified atom stereocenters. The van der Waals surface area contributed by atoms with Gasteiger partial charge in [0.15, 0.2) is 0 Å². The van der Waals surface area contributed by atoms with Crippen LogP contribution in [0.4, 0.5) is 0 Å². The van der Waals surface area contributed by atoms with Gasteiger partial charge in [-0.1, -0.05) is 42.6 Å². The van der Waals surface area contributed by atoms with E-state index in [-0.39, 0.29) is 9.79 Å². The maximum atomic E-state index is 13.3. The van der Waals surface area contributed by atoms with Gasteiger partial charge in [0.05, 0.1) is 9.79 Å². The Morgan fingerprint density at radius 1 is 0.511 bits per heavy atom. The average molecular weight is 647 g/mol. The Morgan fingerprint density at radius 3 is 1.43 bits per heavy atom. The van der Waals surface area contributed by atoms with Crippen molar-refractivity contribution in [3.63, 3.8) is 0 Å². The summed E-state index contributed by atoms with van der Waals surface area (Å²) < 4.78 is 38.6. The molecule has 6 rings (SSSR count). The van der Waals surface area contributed by atoms with Crippen molar-refractivity contribution < 1.29 is 28.1 Å². The smallest absolute Gasteiger partial charge is 0.206 e. The lowest BCUT2D eigenvalue weighted by Gasteiger charge is -2.26. The molecule has 47 heavy (non-hydrogen) atoms. The summed E-state index contributed by atoms with van der Waals surface area (Å²) in [6, 6.07) is 27.2. The molecule has 2 N–H and O–H groups in total. The topological polar surface area (TPSA) is 93.1 Å². The molecule has 0 saturated heterocycles. The van der Waals surface area contributed by atoms with Crippen LogP contribution in [-0.4, -0.2) is 29.8 Å². The van der Waals surface area contributed by atoms with E-state index in [1.165, 1.54) is 24.3 Å². The zero-order valence-electron chi connectivity index (χ0n) is 26.2. The fourth-order valence-corrected chi connectivity index (χ4v) is 7.19. The summed E-state index contributed by atoms with van der Waals surface area (Å²) >= 11 is 0. The van der Waals surface area contributed by atoms with Crippen LogP contribution in [0.5, 0.6) is 23.0 Å². The highest BCUT2D eigenvalue weighted by molar-refractivity contribution is 7.91. The highest BCUT2D eigenvalue weighted by atomic mass is 32.2. The lowest BCUT2D eigenvalue weighted by atomic mass is 9.85. The fourth-order valence-electron chi connectivity index (χ4n) is 5.93. The van der Waals surface area contributed by atoms with Gasteiger partial charge in [0.25, 0.3) is 0 Å². The standard InChI is InChI=1S/C40H38O6S/c41-39(24-3-1-4-25-39)28-22-31-10-12-33(13-11-31)45-34-14-18-37(19-15-34)47(43,44)38-20-16-35(17-21-38)46-36-9-7-8-32(30-36)23-29-40(42)26-5-2-6-27-40/h7-21,30,41-42H,1-6,24-27H2. The van der Waals surface area contributed by atoms with Gasteiger partial charge in [0, 0.05) is 11.1 Å². The van der Waals surface area contributed by atoms with Crippen LogP contribution in [-0.2, 0) is 9.84 Å². The van der Waals surface area contributed by atoms with Crippen LogP contribution >= 0.6 is 0 Å². The molecule has 2 aliphatic rings. The van der Waals surface area contributed by atoms with Gasteiger partial charge in [0.2, 0.25) is 9.84 Å². The van der Waals surface area contributed by atoms with Crippen LogP contribution < -0.4 is 9.47 Å². The number of ether oxygens (including phenoxy) is 2. The Morgan fingerprint density at radius 2 is 0.936 bits per heavy atom. The van der Waals surface area contributed by atoms with E-state index in [1.807, 2.05) is 24.3 Å². The Labute approximate surface area is 277 Å². The van der Waals surface area contributed by atoms with Crippen molar-refractivity contribution in [3.05, 3.63) is 108 Å². The highest BCUT2D eigenvalue weighted by Crippen LogP contribution is 2.31. The molecule has 4 aromatic carbocycles. The number of rotatable bonds is 6. The molecule has 0 spiro atoms. The predicted octanol–water partition coefficient (Wildman–Crippen LogP) is 8.20. The minimum Gasteiger partial charge on any atom is -0.457 e. The molecule has 0 bridgehead atoms. The molecule has 0 radical (unpaired) electrons. The van der Waals surface area contributed by atoms with E-state index in [4.69, 9.17) is 9.47 Å². The molecule has 2 fully saturated rings. The highest BCUT2D eigenvalue weighted by Gasteiger charge is 2.27. The van der Waals surface area contributed by atoms with Gasteiger partial charge in [-0.05, 0) is 142 Å². The normalized spacial score (nSPS) is 16.9. The van der Waals surface area contributed by atoms with Gasteiger partial charge < -0.3 is 19.7 Å². The first-order valence-corrected chi connectivity index (χ1v) is 17.7. The maximum absolute atomic E-state index is 13.3. The average Bonchev–Trinajstić information content (AvgIpc) is 3.09. The van der Waals surface area contributed by atoms with E-state index in [9.17, 15) is 18.6 Å². The summed E-state index contributed by atoms with van der Waals surface area (Å²) in [6.07, 6.45) is 9.07. The SMILES string of the molecule is O=S(=O)(c1ccc(Oc2ccc(C#CC3(O)CCCCC3)cc2)cc1)c1ccc(Oc2cccc(C#CC3(O)CCCCC3)c2)cc1. The van der Waals surface area contributed by atoms with Gasteiger partial charge in [-0.3, -0.25) is 0 Å². The predicted molar refractivity (Wildman–Crippen MR) is 181 cm³/mol. The quantitative estimate of drug-likeness (QED) is 0.205. The second-order valence-corrected chi connectivity index (χ2v) is 14.3. The van der Waals surface area contributed by atoms with Crippen molar-refractivity contribution in [2.75, 3.05) is 0 Å². The molecule has 0 amide bonds. The summed E-state index contributed by atoms with van der Waals surface area (Å²) in [7, 11) is -3.76. The van der Waals surface area contributed by atoms with Crippen LogP contribution in [0.25, 0.3) is 0 Å². The second kappa shape index (κ2) is 14.1. The van der Waals surface area contributed by atoms with Crippen molar-refractivity contribution in [2.24, 2.45) is 0 Å². The lowest BCUT2D eigenvalue weighted by Crippen LogP contribution is -2.29. The first-order valence-electron chi connectivity index (χ1n) is 16.2. The molecule has 0 heterocycles. The monoisotopic (exact) mass is 646 g/mol. The Balaban J connectivity index is 1.06. The van der Waals surface area contributed by atoms with Crippen molar-refractivity contribution in [3.8, 4) is 46.7 Å². The van der Waals surface area contributed by atoms with Crippen LogP contribution in [0, 0.1) is 23.7 Å². The second-order valence-electron chi connectivity index (χ2n) is 12.4. The maximum Gasteiger partial charge on any atom is 0.206 e. The molecule has 4 aromatic rings. The molecular weight excluding hydrogens is 609 g/mol. The van der Waals surface area contributed by atoms with Crippen molar-refractivity contribution >= 4 is 9.84 Å². The minimum absolute atomic E-state index is 0.147. The summed E-state index contributed by atoms with van der Waals surface area (Å²) in [4.78, 5) is 0.295. The Kier molecular flexibility index (Phi) is 9.71. The van der Waals surface area contributed by atoms with Gasteiger partial charge in [-0.15, -0.1) is 0 Å². The molecule has 6 nitrogen and oxygen atoms in total. The summed E-state index contributed by atoms with van der Waals surface area (Å²) in [6.45, 7) is 0. The fraction of sp³-hybridized carbons (Fsp3) is 0.300. The van der Waals surface area contributed by atoms with E-state index in [0.717, 1.165) is 49.7 Å². The van der Waals surface area contributed by atoms with Crippen molar-refractivity contribution in [1.29, 1.82) is 0 Å². The molecule has 0 aliphatic heterocycles. The van der Waals surface area contributed by atoms with Crippen LogP contribution in [0.1, 0.15) is 75.3 Å². The van der Waals surface area contributed by atoms with E-state index in [2.05, 4.69) is 23.7 Å². The van der Waals surface area contributed by atoms with Crippen LogP contribution in [0.2, 0.25) is 0 Å². The number of benzene rings is 4. The molecule has 0 aromatic heterocycles. The van der Waals surface area contributed by atoms with E-state index >= 15 is 0 Å². The van der Waals surface area contributed by atoms with Crippen molar-refractivity contribution in [1.82, 2.24) is 0 Å². The molecule has 0 atom stereocenters. The number of aliphatic hydroxyl groups is 2. The van der Waals surface area contributed by atoms with Gasteiger partial charge in [-0.2, -0.15) is 0 Å². The number of hydrogen-bond donors (Lipinski definition) is 2. The van der Waals surface area contributed by atoms with E-state index in [0.29, 0.717) is 48.7 Å². The van der Waals surface area contributed by atoms with Gasteiger partial charge >= 0.3 is 0 Å². The molecular formula is C40H38O6S. The molecule has 7 heteroatoms. The zero-order chi connectivity index (χ0) is 32.7. The van der Waals surface area contributed by atoms with Gasteiger partial charge in [0.1, 0.15) is 34.2 Å². The van der Waals surface area contributed by atoms with Crippen LogP contribution in [0.3, 0.4) is 0 Å². The first-order chi connectivity index (χ1) is 22.7. The van der Waals surface area contributed by atoms with Crippen LogP contribution in [0.15, 0.2) is 107 Å². The largest absolute Gasteiger partial charge is 0.457 e. The van der Waals surface area contributed by atoms with Gasteiger partial charge in [-0.25, -0.2) is 8.42 Å². The number of sulfone groups is 1. The molecule has 240 valence electrons. The first kappa shape index (κ1) is 32.4. The minimum atomic E-state index is -3.76. The third-order valence-corrected chi connectivity index (χ3v) is 10.5. The summed E-state index contributed by atoms with van der Waals surface area (Å²) in [5.74, 6) is 14.4. The van der Waals surface area contributed by atoms with Crippen molar-refractivity contribution in [2.45, 2.75) is 85.2 Å². The Hall–Kier alpha value is -4.53. The lowest BCUT2D eigenvalue weighted by molar-refractivity contribution is 0.0606. The summed E-state index contributed by atoms with van der Waals surface area (Å²) in [5, 5.41) is 21.3. The third kappa shape index (κ3) is 8.44. The molecule has 2 aliphatic carbocycles. The summed E-state index contributed by atoms with van der Waals surface area (Å²) in [5.41, 5.74) is -0.285. The Bertz CT molecular complexity index is 1910. The molecule has 2 saturated carbocycles. The number of hydrogen-bond acceptors (Lipinski definition) is 6. The third-order valence-electron chi connectivity index (χ3n) is 8.67.